The SMILES string of the molecule is CCCNC(=O)c1ccc(Nc2ncc(C(F)(F)F)c(Cl)n2)c(OC)c1. The Morgan fingerprint density at radius 3 is 2.65 bits per heavy atom. The minimum Gasteiger partial charge on any atom is -0.495 e. The summed E-state index contributed by atoms with van der Waals surface area (Å²) in [6.45, 7) is 2.47. The quantitative estimate of drug-likeness (QED) is 0.730. The van der Waals surface area contributed by atoms with Crippen LogP contribution in [0.4, 0.5) is 24.8 Å². The van der Waals surface area contributed by atoms with Crippen molar-refractivity contribution >= 4 is 29.1 Å². The molecule has 0 aliphatic rings. The van der Waals surface area contributed by atoms with Crippen LogP contribution in [-0.4, -0.2) is 29.5 Å². The molecule has 2 aromatic rings. The predicted molar refractivity (Wildman–Crippen MR) is 90.9 cm³/mol. The van der Waals surface area contributed by atoms with E-state index in [2.05, 4.69) is 20.6 Å². The number of hydrogen-bond donors (Lipinski definition) is 2. The molecule has 1 heterocycles. The highest BCUT2D eigenvalue weighted by Crippen LogP contribution is 2.34. The zero-order valence-electron chi connectivity index (χ0n) is 13.9. The molecule has 0 saturated heterocycles. The lowest BCUT2D eigenvalue weighted by atomic mass is 10.1. The normalized spacial score (nSPS) is 11.2. The predicted octanol–water partition coefficient (Wildman–Crippen LogP) is 4.04. The topological polar surface area (TPSA) is 76.1 Å². The maximum Gasteiger partial charge on any atom is 0.420 e. The molecule has 0 spiro atoms. The Morgan fingerprint density at radius 1 is 1.35 bits per heavy atom. The zero-order valence-corrected chi connectivity index (χ0v) is 14.7. The lowest BCUT2D eigenvalue weighted by molar-refractivity contribution is -0.137. The molecule has 0 radical (unpaired) electrons. The number of rotatable bonds is 6. The standard InChI is InChI=1S/C16H16ClF3N4O2/c1-3-6-21-14(25)9-4-5-11(12(7-9)26-2)23-15-22-8-10(13(17)24-15)16(18,19)20/h4-5,7-8H,3,6H2,1-2H3,(H,21,25)(H,22,23,24). The first-order valence-corrected chi connectivity index (χ1v) is 7.97. The number of aromatic nitrogens is 2. The van der Waals surface area contributed by atoms with Crippen molar-refractivity contribution in [3.8, 4) is 5.75 Å². The van der Waals surface area contributed by atoms with Crippen LogP contribution in [0.5, 0.6) is 5.75 Å². The number of ether oxygens (including phenoxy) is 1. The number of nitrogens with one attached hydrogen (secondary N) is 2. The molecule has 26 heavy (non-hydrogen) atoms. The molecular weight excluding hydrogens is 373 g/mol. The number of halogens is 4. The minimum absolute atomic E-state index is 0.135. The summed E-state index contributed by atoms with van der Waals surface area (Å²) in [5.74, 6) is -0.0937. The molecule has 2 N–H and O–H groups in total. The lowest BCUT2D eigenvalue weighted by Crippen LogP contribution is -2.23. The number of carbonyl (C=O) groups is 1. The summed E-state index contributed by atoms with van der Waals surface area (Å²) in [7, 11) is 1.40. The Bertz CT molecular complexity index is 800. The Labute approximate surface area is 152 Å². The highest BCUT2D eigenvalue weighted by Gasteiger charge is 2.34. The van der Waals surface area contributed by atoms with Gasteiger partial charge in [-0.15, -0.1) is 0 Å². The third-order valence-electron chi connectivity index (χ3n) is 3.29. The van der Waals surface area contributed by atoms with E-state index in [1.807, 2.05) is 6.92 Å². The van der Waals surface area contributed by atoms with Crippen molar-refractivity contribution in [3.63, 3.8) is 0 Å². The fourth-order valence-corrected chi connectivity index (χ4v) is 2.24. The Hall–Kier alpha value is -2.55. The van der Waals surface area contributed by atoms with Crippen molar-refractivity contribution < 1.29 is 22.7 Å². The molecule has 1 aromatic carbocycles. The van der Waals surface area contributed by atoms with Crippen LogP contribution in [0.25, 0.3) is 0 Å². The van der Waals surface area contributed by atoms with E-state index in [1.165, 1.54) is 19.2 Å². The molecule has 0 unspecified atom stereocenters. The highest BCUT2D eigenvalue weighted by molar-refractivity contribution is 6.30. The van der Waals surface area contributed by atoms with Crippen LogP contribution in [0, 0.1) is 0 Å². The summed E-state index contributed by atoms with van der Waals surface area (Å²) < 4.78 is 43.3. The van der Waals surface area contributed by atoms with Gasteiger partial charge in [0.1, 0.15) is 16.5 Å². The van der Waals surface area contributed by atoms with E-state index in [9.17, 15) is 18.0 Å². The average Bonchev–Trinajstić information content (AvgIpc) is 2.58. The summed E-state index contributed by atoms with van der Waals surface area (Å²) in [6, 6.07) is 4.58. The first-order valence-electron chi connectivity index (χ1n) is 7.59. The van der Waals surface area contributed by atoms with Gasteiger partial charge in [-0.2, -0.15) is 13.2 Å². The monoisotopic (exact) mass is 388 g/mol. The smallest absolute Gasteiger partial charge is 0.420 e. The van der Waals surface area contributed by atoms with Gasteiger partial charge in [-0.25, -0.2) is 9.97 Å². The number of benzene rings is 1. The van der Waals surface area contributed by atoms with Gasteiger partial charge < -0.3 is 15.4 Å². The van der Waals surface area contributed by atoms with Crippen LogP contribution < -0.4 is 15.4 Å². The molecular formula is C16H16ClF3N4O2. The first-order chi connectivity index (χ1) is 12.3. The summed E-state index contributed by atoms with van der Waals surface area (Å²) >= 11 is 5.57. The molecule has 0 aliphatic carbocycles. The molecule has 1 amide bonds. The largest absolute Gasteiger partial charge is 0.495 e. The Morgan fingerprint density at radius 2 is 2.08 bits per heavy atom. The van der Waals surface area contributed by atoms with Gasteiger partial charge in [0.2, 0.25) is 5.95 Å². The van der Waals surface area contributed by atoms with E-state index in [1.54, 1.807) is 6.07 Å². The number of nitrogens with zero attached hydrogens (tertiary/aromatic N) is 2. The number of carbonyl (C=O) groups excluding carboxylic acids is 1. The van der Waals surface area contributed by atoms with Crippen LogP contribution in [0.1, 0.15) is 29.3 Å². The maximum absolute atomic E-state index is 12.7. The average molecular weight is 389 g/mol. The van der Waals surface area contributed by atoms with Gasteiger partial charge in [-0.3, -0.25) is 4.79 Å². The zero-order chi connectivity index (χ0) is 19.3. The number of hydrogen-bond acceptors (Lipinski definition) is 5. The maximum atomic E-state index is 12.7. The van der Waals surface area contributed by atoms with Crippen LogP contribution >= 0.6 is 11.6 Å². The molecule has 1 aromatic heterocycles. The van der Waals surface area contributed by atoms with E-state index in [0.29, 0.717) is 29.7 Å². The van der Waals surface area contributed by atoms with Gasteiger partial charge >= 0.3 is 6.18 Å². The van der Waals surface area contributed by atoms with E-state index in [0.717, 1.165) is 6.42 Å². The summed E-state index contributed by atoms with van der Waals surface area (Å²) in [5, 5.41) is 4.74. The van der Waals surface area contributed by atoms with Crippen LogP contribution in [0.2, 0.25) is 5.15 Å². The van der Waals surface area contributed by atoms with E-state index < -0.39 is 16.9 Å². The number of amides is 1. The van der Waals surface area contributed by atoms with Crippen LogP contribution in [0.15, 0.2) is 24.4 Å². The minimum atomic E-state index is -4.64. The van der Waals surface area contributed by atoms with Crippen LogP contribution in [0.3, 0.4) is 0 Å². The van der Waals surface area contributed by atoms with Gasteiger partial charge in [0.15, 0.2) is 0 Å². The van der Waals surface area contributed by atoms with Gasteiger partial charge in [0.25, 0.3) is 5.91 Å². The van der Waals surface area contributed by atoms with Gasteiger partial charge in [0.05, 0.1) is 12.8 Å². The fraction of sp³-hybridized carbons (Fsp3) is 0.312. The Balaban J connectivity index is 2.24. The fourth-order valence-electron chi connectivity index (χ4n) is 2.01. The molecule has 0 saturated carbocycles. The molecule has 0 fully saturated rings. The van der Waals surface area contributed by atoms with Crippen molar-refractivity contribution in [1.29, 1.82) is 0 Å². The third kappa shape index (κ3) is 4.75. The molecule has 0 aliphatic heterocycles. The van der Waals surface area contributed by atoms with Gasteiger partial charge in [0, 0.05) is 18.3 Å². The van der Waals surface area contributed by atoms with E-state index in [-0.39, 0.29) is 11.9 Å². The highest BCUT2D eigenvalue weighted by atomic mass is 35.5. The Kier molecular flexibility index (Phi) is 6.25. The van der Waals surface area contributed by atoms with Gasteiger partial charge in [-0.05, 0) is 24.6 Å². The second-order valence-corrected chi connectivity index (χ2v) is 5.55. The molecule has 6 nitrogen and oxygen atoms in total. The molecule has 2 rings (SSSR count). The molecule has 0 atom stereocenters. The third-order valence-corrected chi connectivity index (χ3v) is 3.58. The summed E-state index contributed by atoms with van der Waals surface area (Å²) in [4.78, 5) is 19.2. The van der Waals surface area contributed by atoms with Crippen molar-refractivity contribution in [2.24, 2.45) is 0 Å². The van der Waals surface area contributed by atoms with E-state index >= 15 is 0 Å². The van der Waals surface area contributed by atoms with Crippen molar-refractivity contribution in [1.82, 2.24) is 15.3 Å². The molecule has 140 valence electrons. The summed E-state index contributed by atoms with van der Waals surface area (Å²) in [5.41, 5.74) is -0.373. The molecule has 10 heteroatoms. The number of anilines is 2. The second kappa shape index (κ2) is 8.22. The number of methoxy groups -OCH3 is 1. The van der Waals surface area contributed by atoms with Crippen LogP contribution in [-0.2, 0) is 6.18 Å². The van der Waals surface area contributed by atoms with Crippen molar-refractivity contribution in [2.75, 3.05) is 19.0 Å². The first kappa shape index (κ1) is 19.8. The van der Waals surface area contributed by atoms with Crippen molar-refractivity contribution in [2.45, 2.75) is 19.5 Å². The van der Waals surface area contributed by atoms with Crippen molar-refractivity contribution in [3.05, 3.63) is 40.7 Å². The molecule has 0 bridgehead atoms. The van der Waals surface area contributed by atoms with Gasteiger partial charge in [-0.1, -0.05) is 18.5 Å². The number of alkyl halides is 3. The lowest BCUT2D eigenvalue weighted by Gasteiger charge is -2.13. The van der Waals surface area contributed by atoms with E-state index in [4.69, 9.17) is 16.3 Å². The summed E-state index contributed by atoms with van der Waals surface area (Å²) in [6.07, 6.45) is -3.24. The second-order valence-electron chi connectivity index (χ2n) is 5.19.